The van der Waals surface area contributed by atoms with E-state index in [1.54, 1.807) is 37.5 Å². The van der Waals surface area contributed by atoms with Gasteiger partial charge in [0.25, 0.3) is 17.1 Å². The summed E-state index contributed by atoms with van der Waals surface area (Å²) in [6.45, 7) is 0.587. The van der Waals surface area contributed by atoms with Crippen LogP contribution in [0.3, 0.4) is 0 Å². The van der Waals surface area contributed by atoms with Crippen LogP contribution >= 0.6 is 11.8 Å². The van der Waals surface area contributed by atoms with Gasteiger partial charge in [-0.2, -0.15) is 0 Å². The maximum atomic E-state index is 12.9. The lowest BCUT2D eigenvalue weighted by Crippen LogP contribution is -2.29. The van der Waals surface area contributed by atoms with E-state index in [1.165, 1.54) is 29.2 Å². The average Bonchev–Trinajstić information content (AvgIpc) is 3.02. The second kappa shape index (κ2) is 10.7. The molecule has 2 aromatic rings. The molecule has 0 unspecified atom stereocenters. The molecule has 0 radical (unpaired) electrons. The average molecular weight is 444 g/mol. The summed E-state index contributed by atoms with van der Waals surface area (Å²) in [5.41, 5.74) is 1.20. The zero-order valence-electron chi connectivity index (χ0n) is 16.8. The molecular weight excluding hydrogens is 423 g/mol. The predicted octanol–water partition coefficient (Wildman–Crippen LogP) is 3.92. The van der Waals surface area contributed by atoms with Gasteiger partial charge in [-0.25, -0.2) is 4.39 Å². The monoisotopic (exact) mass is 444 g/mol. The Morgan fingerprint density at radius 2 is 1.84 bits per heavy atom. The molecule has 3 amide bonds. The van der Waals surface area contributed by atoms with Crippen LogP contribution in [0.15, 0.2) is 53.4 Å². The van der Waals surface area contributed by atoms with Crippen LogP contribution in [-0.4, -0.2) is 48.8 Å². The summed E-state index contributed by atoms with van der Waals surface area (Å²) in [7, 11) is 1.57. The molecule has 9 heteroatoms. The first kappa shape index (κ1) is 22.5. The van der Waals surface area contributed by atoms with Crippen LogP contribution in [0, 0.1) is 5.82 Å². The fourth-order valence-electron chi connectivity index (χ4n) is 2.75. The second-order valence-electron chi connectivity index (χ2n) is 6.59. The molecule has 0 spiro atoms. The molecule has 3 rings (SSSR count). The first-order chi connectivity index (χ1) is 15.0. The van der Waals surface area contributed by atoms with Crippen molar-refractivity contribution in [3.63, 3.8) is 0 Å². The highest BCUT2D eigenvalue weighted by Crippen LogP contribution is 2.32. The van der Waals surface area contributed by atoms with Crippen molar-refractivity contribution in [3.8, 4) is 5.75 Å². The number of hydrogen-bond acceptors (Lipinski definition) is 6. The quantitative estimate of drug-likeness (QED) is 0.466. The number of methoxy groups -OCH3 is 1. The lowest BCUT2D eigenvalue weighted by molar-refractivity contribution is -0.123. The van der Waals surface area contributed by atoms with Crippen LogP contribution < -0.4 is 10.1 Å². The summed E-state index contributed by atoms with van der Waals surface area (Å²) in [5, 5.41) is 2.31. The van der Waals surface area contributed by atoms with Crippen molar-refractivity contribution in [1.82, 2.24) is 4.90 Å². The number of nitrogens with one attached hydrogen (secondary N) is 1. The fourth-order valence-corrected chi connectivity index (χ4v) is 3.62. The van der Waals surface area contributed by atoms with E-state index >= 15 is 0 Å². The molecule has 1 heterocycles. The summed E-state index contributed by atoms with van der Waals surface area (Å²) in [6.07, 6.45) is 2.23. The lowest BCUT2D eigenvalue weighted by Gasteiger charge is -2.11. The largest absolute Gasteiger partial charge is 0.484 e. The van der Waals surface area contributed by atoms with E-state index in [0.717, 1.165) is 17.3 Å². The number of rotatable bonds is 9. The van der Waals surface area contributed by atoms with Gasteiger partial charge < -0.3 is 14.8 Å². The number of carbonyl (C=O) groups is 3. The SMILES string of the molecule is COCCCN1C(=O)S/C(=C/c2ccc(OCC(=O)Nc3ccc(F)cc3)cc2)C1=O. The van der Waals surface area contributed by atoms with Gasteiger partial charge in [0.15, 0.2) is 6.61 Å². The number of hydrogen-bond donors (Lipinski definition) is 1. The first-order valence-corrected chi connectivity index (χ1v) is 10.3. The Kier molecular flexibility index (Phi) is 7.80. The molecule has 2 aromatic carbocycles. The highest BCUT2D eigenvalue weighted by atomic mass is 32.2. The summed E-state index contributed by atoms with van der Waals surface area (Å²) in [6, 6.07) is 12.2. The van der Waals surface area contributed by atoms with Crippen molar-refractivity contribution < 1.29 is 28.2 Å². The molecule has 0 bridgehead atoms. The number of amides is 3. The van der Waals surface area contributed by atoms with Gasteiger partial charge in [-0.05, 0) is 66.2 Å². The molecule has 1 saturated heterocycles. The highest BCUT2D eigenvalue weighted by Gasteiger charge is 2.34. The molecule has 1 N–H and O–H groups in total. The molecule has 0 atom stereocenters. The summed E-state index contributed by atoms with van der Waals surface area (Å²) < 4.78 is 23.3. The van der Waals surface area contributed by atoms with Crippen LogP contribution in [-0.2, 0) is 14.3 Å². The Hall–Kier alpha value is -3.17. The highest BCUT2D eigenvalue weighted by molar-refractivity contribution is 8.18. The van der Waals surface area contributed by atoms with Crippen LogP contribution in [0.4, 0.5) is 14.9 Å². The maximum Gasteiger partial charge on any atom is 0.293 e. The predicted molar refractivity (Wildman–Crippen MR) is 116 cm³/mol. The normalized spacial score (nSPS) is 14.9. The van der Waals surface area contributed by atoms with Crippen molar-refractivity contribution in [1.29, 1.82) is 0 Å². The Morgan fingerprint density at radius 1 is 1.13 bits per heavy atom. The van der Waals surface area contributed by atoms with E-state index in [0.29, 0.717) is 35.9 Å². The number of benzene rings is 2. The van der Waals surface area contributed by atoms with Gasteiger partial charge in [-0.3, -0.25) is 19.3 Å². The summed E-state index contributed by atoms with van der Waals surface area (Å²) in [5.74, 6) is -0.606. The zero-order valence-corrected chi connectivity index (χ0v) is 17.6. The number of ether oxygens (including phenoxy) is 2. The summed E-state index contributed by atoms with van der Waals surface area (Å²) >= 11 is 0.905. The molecule has 7 nitrogen and oxygen atoms in total. The van der Waals surface area contributed by atoms with Crippen molar-refractivity contribution in [2.75, 3.05) is 32.2 Å². The van der Waals surface area contributed by atoms with E-state index < -0.39 is 0 Å². The number of carbonyl (C=O) groups excluding carboxylic acids is 3. The smallest absolute Gasteiger partial charge is 0.293 e. The molecule has 1 aliphatic heterocycles. The number of halogens is 1. The topological polar surface area (TPSA) is 84.9 Å². The van der Waals surface area contributed by atoms with Crippen molar-refractivity contribution >= 4 is 40.6 Å². The first-order valence-electron chi connectivity index (χ1n) is 9.49. The van der Waals surface area contributed by atoms with Crippen LogP contribution in [0.5, 0.6) is 5.75 Å². The van der Waals surface area contributed by atoms with Crippen molar-refractivity contribution in [2.45, 2.75) is 6.42 Å². The van der Waals surface area contributed by atoms with Gasteiger partial charge in [0.1, 0.15) is 11.6 Å². The third-order valence-electron chi connectivity index (χ3n) is 4.28. The molecular formula is C22H21FN2O5S. The van der Waals surface area contributed by atoms with Gasteiger partial charge in [-0.15, -0.1) is 0 Å². The Balaban J connectivity index is 1.52. The van der Waals surface area contributed by atoms with Crippen LogP contribution in [0.25, 0.3) is 6.08 Å². The molecule has 162 valence electrons. The third kappa shape index (κ3) is 6.40. The van der Waals surface area contributed by atoms with E-state index in [9.17, 15) is 18.8 Å². The lowest BCUT2D eigenvalue weighted by atomic mass is 10.2. The van der Waals surface area contributed by atoms with Crippen molar-refractivity contribution in [2.24, 2.45) is 0 Å². The Morgan fingerprint density at radius 3 is 2.52 bits per heavy atom. The van der Waals surface area contributed by atoms with Crippen LogP contribution in [0.1, 0.15) is 12.0 Å². The van der Waals surface area contributed by atoms with Crippen LogP contribution in [0.2, 0.25) is 0 Å². The van der Waals surface area contributed by atoms with E-state index in [-0.39, 0.29) is 29.5 Å². The Bertz CT molecular complexity index is 976. The van der Waals surface area contributed by atoms with Gasteiger partial charge in [0.2, 0.25) is 0 Å². The maximum absolute atomic E-state index is 12.9. The van der Waals surface area contributed by atoms with Crippen molar-refractivity contribution in [3.05, 3.63) is 64.8 Å². The summed E-state index contributed by atoms with van der Waals surface area (Å²) in [4.78, 5) is 38.0. The van der Waals surface area contributed by atoms with Gasteiger partial charge in [0, 0.05) is 25.9 Å². The molecule has 0 aliphatic carbocycles. The second-order valence-corrected chi connectivity index (χ2v) is 7.59. The minimum absolute atomic E-state index is 0.211. The molecule has 0 aromatic heterocycles. The van der Waals surface area contributed by atoms with E-state index in [4.69, 9.17) is 9.47 Å². The van der Waals surface area contributed by atoms with Gasteiger partial charge in [-0.1, -0.05) is 12.1 Å². The number of thioether (sulfide) groups is 1. The third-order valence-corrected chi connectivity index (χ3v) is 5.19. The van der Waals surface area contributed by atoms with E-state index in [1.807, 2.05) is 0 Å². The van der Waals surface area contributed by atoms with E-state index in [2.05, 4.69) is 5.32 Å². The van der Waals surface area contributed by atoms with Gasteiger partial charge >= 0.3 is 0 Å². The molecule has 1 fully saturated rings. The Labute approximate surface area is 183 Å². The minimum Gasteiger partial charge on any atom is -0.484 e. The standard InChI is InChI=1S/C22H21FN2O5S/c1-29-12-2-11-25-21(27)19(31-22(25)28)13-15-3-9-18(10-4-15)30-14-20(26)24-17-7-5-16(23)6-8-17/h3-10,13H,2,11-12,14H2,1H3,(H,24,26)/b19-13+. The number of imide groups is 1. The van der Waals surface area contributed by atoms with Gasteiger partial charge in [0.05, 0.1) is 4.91 Å². The minimum atomic E-state index is -0.384. The number of nitrogens with zero attached hydrogens (tertiary/aromatic N) is 1. The molecule has 1 aliphatic rings. The fraction of sp³-hybridized carbons (Fsp3) is 0.227. The number of anilines is 1. The zero-order chi connectivity index (χ0) is 22.2. The molecule has 0 saturated carbocycles. The molecule has 31 heavy (non-hydrogen) atoms.